The number of halogens is 1. The van der Waals surface area contributed by atoms with E-state index in [1.54, 1.807) is 0 Å². The Morgan fingerprint density at radius 1 is 1.26 bits per heavy atom. The van der Waals surface area contributed by atoms with Gasteiger partial charge in [0.25, 0.3) is 0 Å². The third-order valence-corrected chi connectivity index (χ3v) is 4.58. The van der Waals surface area contributed by atoms with Crippen LogP contribution in [-0.4, -0.2) is 15.4 Å². The molecule has 2 rings (SSSR count). The molecule has 19 heavy (non-hydrogen) atoms. The lowest BCUT2D eigenvalue weighted by molar-refractivity contribution is 0.418. The quantitative estimate of drug-likeness (QED) is 0.731. The van der Waals surface area contributed by atoms with E-state index in [0.717, 1.165) is 25.1 Å². The van der Waals surface area contributed by atoms with E-state index in [4.69, 9.17) is 11.6 Å². The fourth-order valence-corrected chi connectivity index (χ4v) is 3.02. The molecule has 1 heterocycles. The smallest absolute Gasteiger partial charge is 0.108 e. The van der Waals surface area contributed by atoms with Crippen LogP contribution < -0.4 is 0 Å². The highest BCUT2D eigenvalue weighted by molar-refractivity contribution is 6.18. The number of imidazole rings is 1. The maximum atomic E-state index is 6.31. The molecule has 0 fully saturated rings. The summed E-state index contributed by atoms with van der Waals surface area (Å²) in [6, 6.07) is 10.6. The number of benzene rings is 1. The van der Waals surface area contributed by atoms with Gasteiger partial charge in [0.1, 0.15) is 5.82 Å². The molecule has 1 unspecified atom stereocenters. The average Bonchev–Trinajstić information content (AvgIpc) is 2.87. The topological polar surface area (TPSA) is 17.8 Å². The van der Waals surface area contributed by atoms with E-state index < -0.39 is 0 Å². The number of rotatable bonds is 6. The molecule has 3 heteroatoms. The lowest BCUT2D eigenvalue weighted by Crippen LogP contribution is -2.28. The van der Waals surface area contributed by atoms with Gasteiger partial charge in [-0.15, -0.1) is 11.6 Å². The van der Waals surface area contributed by atoms with Gasteiger partial charge < -0.3 is 4.57 Å². The second-order valence-corrected chi connectivity index (χ2v) is 5.36. The minimum Gasteiger partial charge on any atom is -0.338 e. The van der Waals surface area contributed by atoms with E-state index in [1.807, 2.05) is 19.4 Å². The molecule has 1 aromatic heterocycles. The zero-order chi connectivity index (χ0) is 13.7. The SMILES string of the molecule is CCC(CCl)(CCc1nccn1C)c1ccccc1. The summed E-state index contributed by atoms with van der Waals surface area (Å²) >= 11 is 6.31. The molecule has 0 amide bonds. The minimum atomic E-state index is 0.0504. The van der Waals surface area contributed by atoms with Crippen molar-refractivity contribution in [3.8, 4) is 0 Å². The first-order chi connectivity index (χ1) is 9.22. The predicted molar refractivity (Wildman–Crippen MR) is 80.7 cm³/mol. The van der Waals surface area contributed by atoms with Crippen molar-refractivity contribution in [1.29, 1.82) is 0 Å². The Kier molecular flexibility index (Phi) is 4.65. The van der Waals surface area contributed by atoms with Crippen LogP contribution >= 0.6 is 11.6 Å². The van der Waals surface area contributed by atoms with E-state index in [9.17, 15) is 0 Å². The average molecular weight is 277 g/mol. The molecule has 0 aliphatic rings. The maximum absolute atomic E-state index is 6.31. The molecule has 0 aliphatic heterocycles. The molecular formula is C16H21ClN2. The van der Waals surface area contributed by atoms with Crippen molar-refractivity contribution in [3.05, 3.63) is 54.1 Å². The number of hydrogen-bond donors (Lipinski definition) is 0. The van der Waals surface area contributed by atoms with E-state index >= 15 is 0 Å². The third kappa shape index (κ3) is 3.01. The summed E-state index contributed by atoms with van der Waals surface area (Å²) in [5.74, 6) is 1.77. The molecule has 0 radical (unpaired) electrons. The van der Waals surface area contributed by atoms with Gasteiger partial charge in [0.2, 0.25) is 0 Å². The fraction of sp³-hybridized carbons (Fsp3) is 0.438. The van der Waals surface area contributed by atoms with Crippen molar-refractivity contribution in [3.63, 3.8) is 0 Å². The Labute approximate surface area is 120 Å². The Morgan fingerprint density at radius 2 is 2.00 bits per heavy atom. The number of aryl methyl sites for hydroxylation is 2. The zero-order valence-corrected chi connectivity index (χ0v) is 12.4. The molecule has 1 atom stereocenters. The van der Waals surface area contributed by atoms with E-state index in [0.29, 0.717) is 5.88 Å². The molecule has 0 aliphatic carbocycles. The Morgan fingerprint density at radius 3 is 2.53 bits per heavy atom. The van der Waals surface area contributed by atoms with Crippen LogP contribution in [0.2, 0.25) is 0 Å². The normalized spacial score (nSPS) is 14.3. The Hall–Kier alpha value is -1.28. The van der Waals surface area contributed by atoms with Gasteiger partial charge in [-0.2, -0.15) is 0 Å². The molecule has 102 valence electrons. The van der Waals surface area contributed by atoms with Crippen molar-refractivity contribution in [2.45, 2.75) is 31.6 Å². The van der Waals surface area contributed by atoms with Crippen LogP contribution in [0.3, 0.4) is 0 Å². The first-order valence-electron chi connectivity index (χ1n) is 6.79. The predicted octanol–water partition coefficient (Wildman–Crippen LogP) is 3.94. The van der Waals surface area contributed by atoms with Gasteiger partial charge in [-0.05, 0) is 18.4 Å². The molecule has 0 N–H and O–H groups in total. The third-order valence-electron chi connectivity index (χ3n) is 4.07. The van der Waals surface area contributed by atoms with Crippen LogP contribution in [0.15, 0.2) is 42.7 Å². The molecule has 2 nitrogen and oxygen atoms in total. The Bertz CT molecular complexity index is 500. The molecular weight excluding hydrogens is 256 g/mol. The summed E-state index contributed by atoms with van der Waals surface area (Å²) in [7, 11) is 2.04. The lowest BCUT2D eigenvalue weighted by atomic mass is 9.76. The molecule has 0 saturated carbocycles. The second-order valence-electron chi connectivity index (χ2n) is 5.09. The number of aromatic nitrogens is 2. The summed E-state index contributed by atoms with van der Waals surface area (Å²) in [5.41, 5.74) is 1.39. The van der Waals surface area contributed by atoms with Crippen LogP contribution in [0.1, 0.15) is 31.2 Å². The van der Waals surface area contributed by atoms with Gasteiger partial charge in [-0.1, -0.05) is 37.3 Å². The van der Waals surface area contributed by atoms with Gasteiger partial charge in [0.05, 0.1) is 0 Å². The number of nitrogens with zero attached hydrogens (tertiary/aromatic N) is 2. The second kappa shape index (κ2) is 6.25. The first kappa shape index (κ1) is 14.1. The van der Waals surface area contributed by atoms with Crippen molar-refractivity contribution in [1.82, 2.24) is 9.55 Å². The van der Waals surface area contributed by atoms with Gasteiger partial charge >= 0.3 is 0 Å². The van der Waals surface area contributed by atoms with Crippen LogP contribution in [0.4, 0.5) is 0 Å². The van der Waals surface area contributed by atoms with Crippen molar-refractivity contribution in [2.75, 3.05) is 5.88 Å². The van der Waals surface area contributed by atoms with Crippen LogP contribution in [0.5, 0.6) is 0 Å². The standard InChI is InChI=1S/C16H21ClN2/c1-3-16(13-17,14-7-5-4-6-8-14)10-9-15-18-11-12-19(15)2/h4-8,11-12H,3,9-10,13H2,1-2H3. The number of alkyl halides is 1. The molecule has 1 aromatic carbocycles. The minimum absolute atomic E-state index is 0.0504. The highest BCUT2D eigenvalue weighted by Crippen LogP contribution is 2.34. The summed E-state index contributed by atoms with van der Waals surface area (Å²) in [6.45, 7) is 2.22. The molecule has 0 spiro atoms. The summed E-state index contributed by atoms with van der Waals surface area (Å²) < 4.78 is 2.08. The fourth-order valence-electron chi connectivity index (χ4n) is 2.54. The van der Waals surface area contributed by atoms with Crippen LogP contribution in [0.25, 0.3) is 0 Å². The summed E-state index contributed by atoms with van der Waals surface area (Å²) in [4.78, 5) is 4.40. The molecule has 0 saturated heterocycles. The highest BCUT2D eigenvalue weighted by atomic mass is 35.5. The van der Waals surface area contributed by atoms with E-state index in [1.165, 1.54) is 5.56 Å². The summed E-state index contributed by atoms with van der Waals surface area (Å²) in [6.07, 6.45) is 6.88. The van der Waals surface area contributed by atoms with Gasteiger partial charge in [-0.3, -0.25) is 0 Å². The van der Waals surface area contributed by atoms with Crippen molar-refractivity contribution < 1.29 is 0 Å². The van der Waals surface area contributed by atoms with Gasteiger partial charge in [0, 0.05) is 37.2 Å². The summed E-state index contributed by atoms with van der Waals surface area (Å²) in [5, 5.41) is 0. The van der Waals surface area contributed by atoms with Gasteiger partial charge in [0.15, 0.2) is 0 Å². The lowest BCUT2D eigenvalue weighted by Gasteiger charge is -2.31. The molecule has 0 bridgehead atoms. The Balaban J connectivity index is 2.18. The largest absolute Gasteiger partial charge is 0.338 e. The van der Waals surface area contributed by atoms with Crippen LogP contribution in [0, 0.1) is 0 Å². The monoisotopic (exact) mass is 276 g/mol. The highest BCUT2D eigenvalue weighted by Gasteiger charge is 2.29. The van der Waals surface area contributed by atoms with Crippen molar-refractivity contribution >= 4 is 11.6 Å². The van der Waals surface area contributed by atoms with Crippen molar-refractivity contribution in [2.24, 2.45) is 7.05 Å². The van der Waals surface area contributed by atoms with Gasteiger partial charge in [-0.25, -0.2) is 4.98 Å². The van der Waals surface area contributed by atoms with E-state index in [-0.39, 0.29) is 5.41 Å². The number of hydrogen-bond acceptors (Lipinski definition) is 1. The zero-order valence-electron chi connectivity index (χ0n) is 11.6. The molecule has 2 aromatic rings. The first-order valence-corrected chi connectivity index (χ1v) is 7.33. The maximum Gasteiger partial charge on any atom is 0.108 e. The van der Waals surface area contributed by atoms with E-state index in [2.05, 4.69) is 46.8 Å². The van der Waals surface area contributed by atoms with Crippen LogP contribution in [-0.2, 0) is 18.9 Å².